The van der Waals surface area contributed by atoms with Crippen LogP contribution in [0.5, 0.6) is 0 Å². The Morgan fingerprint density at radius 3 is 1.00 bits per heavy atom. The fraction of sp³-hybridized carbons (Fsp3) is 1.00. The van der Waals surface area contributed by atoms with E-state index >= 15 is 0 Å². The van der Waals surface area contributed by atoms with Gasteiger partial charge in [0.25, 0.3) is 0 Å². The van der Waals surface area contributed by atoms with Crippen molar-refractivity contribution in [2.75, 3.05) is 26.4 Å². The summed E-state index contributed by atoms with van der Waals surface area (Å²) in [4.78, 5) is 0. The molecule has 0 saturated heterocycles. The molecule has 0 unspecified atom stereocenters. The van der Waals surface area contributed by atoms with Gasteiger partial charge in [-0.3, -0.25) is 0 Å². The highest BCUT2D eigenvalue weighted by molar-refractivity contribution is 6.88. The van der Waals surface area contributed by atoms with Gasteiger partial charge in [-0.2, -0.15) is 0 Å². The van der Waals surface area contributed by atoms with Gasteiger partial charge in [0.15, 0.2) is 0 Å². The minimum absolute atomic E-state index is 0.254. The maximum Gasteiger partial charge on any atom is 0.342 e. The monoisotopic (exact) mass is 322 g/mol. The van der Waals surface area contributed by atoms with E-state index in [0.29, 0.717) is 26.4 Å². The van der Waals surface area contributed by atoms with E-state index in [4.69, 9.17) is 17.7 Å². The summed E-state index contributed by atoms with van der Waals surface area (Å²) >= 11 is 0. The molecule has 0 saturated carbocycles. The minimum atomic E-state index is -2.29. The third kappa shape index (κ3) is 4.64. The van der Waals surface area contributed by atoms with E-state index in [1.54, 1.807) is 0 Å². The SMILES string of the molecule is CCO[Si](CC)(OCC)C(C)[Si](CC)(OCC)OCC. The van der Waals surface area contributed by atoms with Gasteiger partial charge in [0.05, 0.1) is 0 Å². The number of hydrogen-bond acceptors (Lipinski definition) is 4. The molecule has 0 aliphatic heterocycles. The Hall–Kier alpha value is 0.274. The van der Waals surface area contributed by atoms with Gasteiger partial charge in [-0.05, 0) is 39.8 Å². The van der Waals surface area contributed by atoms with E-state index in [-0.39, 0.29) is 5.16 Å². The Kier molecular flexibility index (Phi) is 10.2. The highest BCUT2D eigenvalue weighted by Gasteiger charge is 2.56. The lowest BCUT2D eigenvalue weighted by Gasteiger charge is -2.43. The van der Waals surface area contributed by atoms with Gasteiger partial charge in [-0.25, -0.2) is 0 Å². The molecule has 20 heavy (non-hydrogen) atoms. The Balaban J connectivity index is 5.46. The molecule has 0 aromatic carbocycles. The normalized spacial score (nSPS) is 13.2. The molecule has 0 amide bonds. The first kappa shape index (κ1) is 20.3. The molecule has 0 atom stereocenters. The van der Waals surface area contributed by atoms with Crippen molar-refractivity contribution in [2.24, 2.45) is 0 Å². The van der Waals surface area contributed by atoms with Crippen LogP contribution in [0.15, 0.2) is 0 Å². The van der Waals surface area contributed by atoms with Gasteiger partial charge in [-0.15, -0.1) is 0 Å². The first-order valence-electron chi connectivity index (χ1n) is 8.08. The van der Waals surface area contributed by atoms with Crippen LogP contribution in [-0.4, -0.2) is 43.5 Å². The summed E-state index contributed by atoms with van der Waals surface area (Å²) in [5.41, 5.74) is 0. The molecule has 0 rings (SSSR count). The quantitative estimate of drug-likeness (QED) is 0.509. The zero-order chi connectivity index (χ0) is 15.6. The summed E-state index contributed by atoms with van der Waals surface area (Å²) in [6.07, 6.45) is 0. The van der Waals surface area contributed by atoms with Crippen molar-refractivity contribution < 1.29 is 17.7 Å². The Morgan fingerprint density at radius 1 is 0.600 bits per heavy atom. The van der Waals surface area contributed by atoms with Gasteiger partial charge >= 0.3 is 17.1 Å². The van der Waals surface area contributed by atoms with E-state index < -0.39 is 17.1 Å². The first-order valence-corrected chi connectivity index (χ1v) is 12.3. The lowest BCUT2D eigenvalue weighted by atomic mass is 10.9. The molecule has 0 aromatic heterocycles. The Labute approximate surface area is 127 Å². The van der Waals surface area contributed by atoms with Gasteiger partial charge in [0.2, 0.25) is 0 Å². The fourth-order valence-electron chi connectivity index (χ4n) is 2.92. The predicted molar refractivity (Wildman–Crippen MR) is 88.4 cm³/mol. The molecule has 0 aliphatic carbocycles. The number of hydrogen-bond donors (Lipinski definition) is 0. The molecule has 0 heterocycles. The average Bonchev–Trinajstić information content (AvgIpc) is 2.45. The van der Waals surface area contributed by atoms with Gasteiger partial charge in [0, 0.05) is 31.6 Å². The maximum atomic E-state index is 6.17. The highest BCUT2D eigenvalue weighted by Crippen LogP contribution is 2.39. The van der Waals surface area contributed by atoms with Crippen LogP contribution in [0.1, 0.15) is 48.5 Å². The standard InChI is InChI=1S/C14H34O4Si2/c1-8-15-19(12-5,16-9-2)14(7)20(13-6,17-10-3)18-11-4/h14H,8-13H2,1-7H3. The summed E-state index contributed by atoms with van der Waals surface area (Å²) < 4.78 is 24.7. The van der Waals surface area contributed by atoms with Gasteiger partial charge in [-0.1, -0.05) is 20.8 Å². The van der Waals surface area contributed by atoms with Crippen molar-refractivity contribution in [1.82, 2.24) is 0 Å². The van der Waals surface area contributed by atoms with Crippen molar-refractivity contribution >= 4 is 17.1 Å². The van der Waals surface area contributed by atoms with Crippen LogP contribution in [0, 0.1) is 0 Å². The topological polar surface area (TPSA) is 36.9 Å². The minimum Gasteiger partial charge on any atom is -0.394 e. The van der Waals surface area contributed by atoms with Crippen LogP contribution in [-0.2, 0) is 17.7 Å². The molecule has 0 radical (unpaired) electrons. The average molecular weight is 323 g/mol. The Bertz CT molecular complexity index is 215. The number of rotatable bonds is 12. The van der Waals surface area contributed by atoms with E-state index in [9.17, 15) is 0 Å². The van der Waals surface area contributed by atoms with E-state index in [1.807, 2.05) is 27.7 Å². The van der Waals surface area contributed by atoms with Gasteiger partial charge < -0.3 is 17.7 Å². The highest BCUT2D eigenvalue weighted by atomic mass is 28.4. The molecule has 4 nitrogen and oxygen atoms in total. The van der Waals surface area contributed by atoms with Crippen LogP contribution in [0.4, 0.5) is 0 Å². The fourth-order valence-corrected chi connectivity index (χ4v) is 13.0. The molecular formula is C14H34O4Si2. The van der Waals surface area contributed by atoms with Crippen molar-refractivity contribution in [3.63, 3.8) is 0 Å². The zero-order valence-corrected chi connectivity index (χ0v) is 16.5. The Morgan fingerprint density at radius 2 is 0.850 bits per heavy atom. The summed E-state index contributed by atoms with van der Waals surface area (Å²) in [5.74, 6) is 0. The second-order valence-corrected chi connectivity index (χ2v) is 12.9. The third-order valence-corrected chi connectivity index (χ3v) is 14.2. The summed E-state index contributed by atoms with van der Waals surface area (Å²) in [7, 11) is -4.58. The van der Waals surface area contributed by atoms with E-state index in [0.717, 1.165) is 12.1 Å². The van der Waals surface area contributed by atoms with Crippen LogP contribution in [0.2, 0.25) is 17.3 Å². The molecule has 0 aromatic rings. The summed E-state index contributed by atoms with van der Waals surface area (Å²) in [5, 5.41) is 0.254. The molecule has 0 N–H and O–H groups in total. The molecule has 0 aliphatic rings. The molecule has 0 bridgehead atoms. The first-order chi connectivity index (χ1) is 9.52. The second-order valence-electron chi connectivity index (χ2n) is 4.78. The molecule has 122 valence electrons. The smallest absolute Gasteiger partial charge is 0.342 e. The predicted octanol–water partition coefficient (Wildman–Crippen LogP) is 3.99. The van der Waals surface area contributed by atoms with E-state index in [1.165, 1.54) is 0 Å². The molecule has 0 fully saturated rings. The zero-order valence-electron chi connectivity index (χ0n) is 14.5. The lowest BCUT2D eigenvalue weighted by Crippen LogP contribution is -2.59. The largest absolute Gasteiger partial charge is 0.394 e. The van der Waals surface area contributed by atoms with Crippen molar-refractivity contribution in [3.8, 4) is 0 Å². The molecule has 0 spiro atoms. The molecule has 6 heteroatoms. The van der Waals surface area contributed by atoms with Crippen LogP contribution < -0.4 is 0 Å². The third-order valence-electron chi connectivity index (χ3n) is 3.86. The second kappa shape index (κ2) is 10.1. The summed E-state index contributed by atoms with van der Waals surface area (Å²) in [6, 6.07) is 1.87. The van der Waals surface area contributed by atoms with Crippen LogP contribution in [0.3, 0.4) is 0 Å². The molecular weight excluding hydrogens is 288 g/mol. The maximum absolute atomic E-state index is 6.17. The lowest BCUT2D eigenvalue weighted by molar-refractivity contribution is 0.151. The summed E-state index contributed by atoms with van der Waals surface area (Å²) in [6.45, 7) is 17.5. The van der Waals surface area contributed by atoms with Gasteiger partial charge in [0.1, 0.15) is 0 Å². The van der Waals surface area contributed by atoms with E-state index in [2.05, 4.69) is 20.8 Å². The van der Waals surface area contributed by atoms with Crippen LogP contribution >= 0.6 is 0 Å². The van der Waals surface area contributed by atoms with Crippen molar-refractivity contribution in [2.45, 2.75) is 65.7 Å². The van der Waals surface area contributed by atoms with Crippen molar-refractivity contribution in [1.29, 1.82) is 0 Å². The van der Waals surface area contributed by atoms with Crippen LogP contribution in [0.25, 0.3) is 0 Å². The van der Waals surface area contributed by atoms with Crippen molar-refractivity contribution in [3.05, 3.63) is 0 Å².